The predicted molar refractivity (Wildman–Crippen MR) is 289 cm³/mol. The molecule has 0 unspecified atom stereocenters. The Kier molecular flexibility index (Phi) is 16.3. The van der Waals surface area contributed by atoms with Crippen molar-refractivity contribution in [3.05, 3.63) is 161 Å². The Balaban J connectivity index is 0.000000175. The average molecular weight is 933 g/mol. The fourth-order valence-corrected chi connectivity index (χ4v) is 11.4. The number of unbranched alkanes of at least 4 members (excludes halogenated alkanes) is 1. The maximum absolute atomic E-state index is 14.2. The van der Waals surface area contributed by atoms with Gasteiger partial charge in [-0.3, -0.25) is 9.59 Å². The van der Waals surface area contributed by atoms with Gasteiger partial charge in [0, 0.05) is 70.4 Å². The maximum Gasteiger partial charge on any atom is 0.252 e. The summed E-state index contributed by atoms with van der Waals surface area (Å²) in [6, 6.07) is 45.7. The Bertz CT molecular complexity index is 2850. The minimum Gasteiger partial charge on any atom is -0.367 e. The van der Waals surface area contributed by atoms with Crippen molar-refractivity contribution in [3.8, 4) is 22.5 Å². The lowest BCUT2D eigenvalue weighted by Crippen LogP contribution is -2.39. The van der Waals surface area contributed by atoms with Crippen LogP contribution in [0, 0.1) is 11.8 Å². The van der Waals surface area contributed by atoms with Gasteiger partial charge in [-0.2, -0.15) is 0 Å². The van der Waals surface area contributed by atoms with E-state index < -0.39 is 0 Å². The van der Waals surface area contributed by atoms with Crippen LogP contribution in [0.15, 0.2) is 133 Å². The van der Waals surface area contributed by atoms with E-state index in [4.69, 9.17) is 9.97 Å². The number of pyridine rings is 2. The summed E-state index contributed by atoms with van der Waals surface area (Å²) in [6.07, 6.45) is 15.8. The summed E-state index contributed by atoms with van der Waals surface area (Å²) in [4.78, 5) is 40.6. The zero-order valence-corrected chi connectivity index (χ0v) is 41.7. The van der Waals surface area contributed by atoms with Crippen LogP contribution < -0.4 is 20.9 Å². The van der Waals surface area contributed by atoms with E-state index in [1.165, 1.54) is 75.5 Å². The van der Waals surface area contributed by atoms with E-state index in [0.717, 1.165) is 98.9 Å². The number of benzene rings is 5. The molecule has 5 aromatic carbocycles. The van der Waals surface area contributed by atoms with Gasteiger partial charge in [-0.15, -0.1) is 0 Å². The molecule has 3 aliphatic rings. The molecule has 0 spiro atoms. The smallest absolute Gasteiger partial charge is 0.252 e. The Hall–Kier alpha value is -6.38. The summed E-state index contributed by atoms with van der Waals surface area (Å²) in [5, 5.41) is 12.2. The van der Waals surface area contributed by atoms with Crippen LogP contribution in [-0.2, 0) is 19.5 Å². The summed E-state index contributed by atoms with van der Waals surface area (Å²) >= 11 is 0. The Morgan fingerprint density at radius 3 is 1.60 bits per heavy atom. The van der Waals surface area contributed by atoms with Crippen molar-refractivity contribution in [2.24, 2.45) is 11.8 Å². The molecule has 2 amide bonds. The van der Waals surface area contributed by atoms with Crippen molar-refractivity contribution in [2.45, 2.75) is 129 Å². The summed E-state index contributed by atoms with van der Waals surface area (Å²) in [5.74, 6) is 1.16. The van der Waals surface area contributed by atoms with Crippen LogP contribution in [0.4, 0.5) is 5.69 Å². The van der Waals surface area contributed by atoms with Crippen LogP contribution in [0.3, 0.4) is 0 Å². The SMILES string of the molecule is CCCCNCc1c(-c2ccccc2)nc2ccccc2c1C(=O)N[C@@H](C)C1CCCCC1.C[C@H](NC(=O)c1c(CN2CCc3ccccc32)c(-c2ccccc2)nc2ccccc12)C1CCCCC1. The van der Waals surface area contributed by atoms with Crippen LogP contribution in [0.2, 0.25) is 0 Å². The van der Waals surface area contributed by atoms with E-state index in [9.17, 15) is 9.59 Å². The van der Waals surface area contributed by atoms with Gasteiger partial charge in [0.1, 0.15) is 0 Å². The zero-order chi connectivity index (χ0) is 48.2. The molecule has 3 N–H and O–H groups in total. The summed E-state index contributed by atoms with van der Waals surface area (Å²) in [7, 11) is 0. The van der Waals surface area contributed by atoms with Crippen molar-refractivity contribution in [3.63, 3.8) is 0 Å². The first kappa shape index (κ1) is 48.6. The molecular formula is C62H72N6O2. The first-order valence-corrected chi connectivity index (χ1v) is 26.5. The minimum atomic E-state index is 0.0242. The van der Waals surface area contributed by atoms with E-state index in [1.807, 2.05) is 78.9 Å². The average Bonchev–Trinajstić information content (AvgIpc) is 3.82. The third-order valence-electron chi connectivity index (χ3n) is 15.3. The highest BCUT2D eigenvalue weighted by molar-refractivity contribution is 6.10. The molecule has 70 heavy (non-hydrogen) atoms. The largest absolute Gasteiger partial charge is 0.367 e. The molecular weight excluding hydrogens is 861 g/mol. The Morgan fingerprint density at radius 1 is 0.586 bits per heavy atom. The van der Waals surface area contributed by atoms with Crippen LogP contribution in [0.25, 0.3) is 44.3 Å². The molecule has 2 aromatic heterocycles. The molecule has 7 aromatic rings. The highest BCUT2D eigenvalue weighted by Crippen LogP contribution is 2.37. The molecule has 1 aliphatic heterocycles. The van der Waals surface area contributed by atoms with E-state index >= 15 is 0 Å². The number of carbonyl (C=O) groups is 2. The predicted octanol–water partition coefficient (Wildman–Crippen LogP) is 13.7. The van der Waals surface area contributed by atoms with Crippen LogP contribution >= 0.6 is 0 Å². The lowest BCUT2D eigenvalue weighted by atomic mass is 9.84. The van der Waals surface area contributed by atoms with Gasteiger partial charge in [0.05, 0.1) is 33.5 Å². The molecule has 0 saturated heterocycles. The standard InChI is InChI=1S/C33H35N3O.C29H37N3O/c1-23(24-12-4-2-5-13-24)34-33(37)31-27-17-9-10-18-29(27)35-32(26-15-6-3-7-16-26)28(31)22-36-21-20-25-14-8-11-19-30(25)36;1-3-4-19-30-20-25-27(29(33)31-21(2)22-13-7-5-8-14-22)24-17-11-12-18-26(24)32-28(25)23-15-9-6-10-16-23/h3,6-11,14-19,23-24H,2,4-5,12-13,20-22H2,1H3,(H,34,37);6,9-12,15-18,21-22,30H,3-5,7-8,13-14,19-20H2,1-2H3,(H,31,33)/t23-;21-/m00/s1. The molecule has 2 saturated carbocycles. The summed E-state index contributed by atoms with van der Waals surface area (Å²) in [5.41, 5.74) is 11.8. The number of hydrogen-bond donors (Lipinski definition) is 3. The molecule has 8 nitrogen and oxygen atoms in total. The van der Waals surface area contributed by atoms with Gasteiger partial charge in [-0.1, -0.05) is 167 Å². The normalized spacial score (nSPS) is 16.0. The minimum absolute atomic E-state index is 0.0242. The number of anilines is 1. The number of fused-ring (bicyclic) bond motifs is 3. The van der Waals surface area contributed by atoms with Gasteiger partial charge in [0.2, 0.25) is 0 Å². The fraction of sp³-hybridized carbons (Fsp3) is 0.387. The van der Waals surface area contributed by atoms with Crippen LogP contribution in [0.1, 0.15) is 135 Å². The second-order valence-electron chi connectivity index (χ2n) is 20.0. The molecule has 3 heterocycles. The molecule has 362 valence electrons. The lowest BCUT2D eigenvalue weighted by Gasteiger charge is -2.29. The molecule has 0 bridgehead atoms. The van der Waals surface area contributed by atoms with Gasteiger partial charge < -0.3 is 20.9 Å². The second-order valence-corrected chi connectivity index (χ2v) is 20.0. The van der Waals surface area contributed by atoms with Crippen molar-refractivity contribution >= 4 is 39.3 Å². The molecule has 10 rings (SSSR count). The molecule has 2 aliphatic carbocycles. The van der Waals surface area contributed by atoms with E-state index in [0.29, 0.717) is 24.9 Å². The number of hydrogen-bond acceptors (Lipinski definition) is 6. The molecule has 2 atom stereocenters. The Labute approximate surface area is 416 Å². The molecule has 8 heteroatoms. The lowest BCUT2D eigenvalue weighted by molar-refractivity contribution is 0.0911. The van der Waals surface area contributed by atoms with Gasteiger partial charge in [-0.25, -0.2) is 9.97 Å². The number of nitrogens with zero attached hydrogens (tertiary/aromatic N) is 3. The topological polar surface area (TPSA) is 99.2 Å². The highest BCUT2D eigenvalue weighted by Gasteiger charge is 2.30. The van der Waals surface area contributed by atoms with E-state index in [1.54, 1.807) is 0 Å². The monoisotopic (exact) mass is 933 g/mol. The number of nitrogens with one attached hydrogen (secondary N) is 3. The Morgan fingerprint density at radius 2 is 1.06 bits per heavy atom. The van der Waals surface area contributed by atoms with E-state index in [2.05, 4.69) is 96.2 Å². The zero-order valence-electron chi connectivity index (χ0n) is 41.7. The fourth-order valence-electron chi connectivity index (χ4n) is 11.4. The summed E-state index contributed by atoms with van der Waals surface area (Å²) < 4.78 is 0. The first-order chi connectivity index (χ1) is 34.4. The molecule has 2 fully saturated rings. The van der Waals surface area contributed by atoms with Crippen molar-refractivity contribution < 1.29 is 9.59 Å². The van der Waals surface area contributed by atoms with Gasteiger partial charge in [0.15, 0.2) is 0 Å². The third kappa shape index (κ3) is 11.3. The van der Waals surface area contributed by atoms with Crippen molar-refractivity contribution in [1.82, 2.24) is 25.9 Å². The van der Waals surface area contributed by atoms with Crippen molar-refractivity contribution in [1.29, 1.82) is 0 Å². The number of amides is 2. The first-order valence-electron chi connectivity index (χ1n) is 26.5. The number of aromatic nitrogens is 2. The van der Waals surface area contributed by atoms with Gasteiger partial charge in [0.25, 0.3) is 11.8 Å². The van der Waals surface area contributed by atoms with Gasteiger partial charge in [-0.05, 0) is 94.5 Å². The highest BCUT2D eigenvalue weighted by atomic mass is 16.2. The number of carbonyl (C=O) groups excluding carboxylic acids is 2. The maximum atomic E-state index is 14.2. The van der Waals surface area contributed by atoms with Crippen LogP contribution in [-0.4, -0.2) is 47.0 Å². The van der Waals surface area contributed by atoms with Crippen LogP contribution in [0.5, 0.6) is 0 Å². The summed E-state index contributed by atoms with van der Waals surface area (Å²) in [6.45, 7) is 9.71. The number of para-hydroxylation sites is 3. The van der Waals surface area contributed by atoms with E-state index in [-0.39, 0.29) is 23.9 Å². The quantitative estimate of drug-likeness (QED) is 0.0886. The number of rotatable bonds is 15. The van der Waals surface area contributed by atoms with Crippen molar-refractivity contribution in [2.75, 3.05) is 18.0 Å². The second kappa shape index (κ2) is 23.5. The third-order valence-corrected chi connectivity index (χ3v) is 15.3. The van der Waals surface area contributed by atoms with Gasteiger partial charge >= 0.3 is 0 Å². The molecule has 0 radical (unpaired) electrons.